The molecule has 3 heterocycles. The number of benzene rings is 9. The smallest absolute Gasteiger partial charge is 0.180 e. The predicted molar refractivity (Wildman–Crippen MR) is 225 cm³/mol. The van der Waals surface area contributed by atoms with Gasteiger partial charge in [0, 0.05) is 32.7 Å². The first-order valence-corrected chi connectivity index (χ1v) is 18.3. The maximum absolute atomic E-state index is 6.51. The molecule has 12 rings (SSSR count). The third-order valence-corrected chi connectivity index (χ3v) is 11.2. The zero-order valence-electron chi connectivity index (χ0n) is 29.0. The largest absolute Gasteiger partial charge is 0.452 e. The van der Waals surface area contributed by atoms with Crippen molar-refractivity contribution >= 4 is 87.0 Å². The van der Waals surface area contributed by atoms with E-state index in [2.05, 4.69) is 162 Å². The van der Waals surface area contributed by atoms with Gasteiger partial charge in [-0.15, -0.1) is 0 Å². The zero-order chi connectivity index (χ0) is 35.3. The molecule has 0 aliphatic carbocycles. The number of hydrogen-bond donors (Lipinski definition) is 0. The Labute approximate surface area is 309 Å². The van der Waals surface area contributed by atoms with E-state index >= 15 is 0 Å². The molecule has 0 unspecified atom stereocenters. The van der Waals surface area contributed by atoms with Gasteiger partial charge in [-0.3, -0.25) is 0 Å². The van der Waals surface area contributed by atoms with E-state index in [0.29, 0.717) is 11.4 Å². The normalized spacial score (nSPS) is 12.1. The minimum Gasteiger partial charge on any atom is -0.452 e. The molecule has 3 aromatic heterocycles. The Morgan fingerprint density at radius 3 is 1.72 bits per heavy atom. The number of fused-ring (bicyclic) bond motifs is 12. The lowest BCUT2D eigenvalue weighted by Crippen LogP contribution is -1.98. The average Bonchev–Trinajstić information content (AvgIpc) is 3.79. The van der Waals surface area contributed by atoms with Gasteiger partial charge in [0.1, 0.15) is 16.8 Å². The third-order valence-electron chi connectivity index (χ3n) is 11.2. The first-order chi connectivity index (χ1) is 26.8. The van der Waals surface area contributed by atoms with Crippen LogP contribution in [0.25, 0.3) is 115 Å². The second kappa shape index (κ2) is 11.1. The van der Waals surface area contributed by atoms with Crippen LogP contribution in [-0.4, -0.2) is 14.5 Å². The van der Waals surface area contributed by atoms with Crippen molar-refractivity contribution in [1.29, 1.82) is 0 Å². The highest BCUT2D eigenvalue weighted by Crippen LogP contribution is 2.43. The Balaban J connectivity index is 1.15. The number of hydrogen-bond acceptors (Lipinski definition) is 3. The fourth-order valence-electron chi connectivity index (χ4n) is 8.72. The summed E-state index contributed by atoms with van der Waals surface area (Å²) in [7, 11) is 0. The molecule has 4 heteroatoms. The summed E-state index contributed by atoms with van der Waals surface area (Å²) in [6, 6.07) is 62.7. The predicted octanol–water partition coefficient (Wildman–Crippen LogP) is 13.4. The van der Waals surface area contributed by atoms with Crippen molar-refractivity contribution in [3.63, 3.8) is 0 Å². The van der Waals surface area contributed by atoms with Crippen LogP contribution in [0.3, 0.4) is 0 Å². The van der Waals surface area contributed by atoms with Crippen LogP contribution >= 0.6 is 0 Å². The summed E-state index contributed by atoms with van der Waals surface area (Å²) in [5, 5.41) is 13.1. The molecule has 0 saturated heterocycles. The summed E-state index contributed by atoms with van der Waals surface area (Å²) in [6.45, 7) is 0. The van der Waals surface area contributed by atoms with E-state index in [-0.39, 0.29) is 0 Å². The second-order valence-electron chi connectivity index (χ2n) is 14.1. The summed E-state index contributed by atoms with van der Waals surface area (Å²) in [4.78, 5) is 10.6. The first kappa shape index (κ1) is 29.3. The van der Waals surface area contributed by atoms with Crippen LogP contribution in [-0.2, 0) is 0 Å². The van der Waals surface area contributed by atoms with Crippen LogP contribution in [0.5, 0.6) is 0 Å². The highest BCUT2D eigenvalue weighted by atomic mass is 16.3. The van der Waals surface area contributed by atoms with Crippen molar-refractivity contribution < 1.29 is 4.42 Å². The van der Waals surface area contributed by atoms with Crippen LogP contribution in [0, 0.1) is 0 Å². The fraction of sp³-hybridized carbons (Fsp3) is 0. The van der Waals surface area contributed by atoms with E-state index in [1.54, 1.807) is 0 Å². The van der Waals surface area contributed by atoms with Gasteiger partial charge in [0.2, 0.25) is 0 Å². The van der Waals surface area contributed by atoms with Gasteiger partial charge < -0.3 is 8.98 Å². The van der Waals surface area contributed by atoms with Crippen LogP contribution in [0.2, 0.25) is 0 Å². The van der Waals surface area contributed by atoms with Crippen LogP contribution in [0.4, 0.5) is 0 Å². The van der Waals surface area contributed by atoms with Crippen molar-refractivity contribution in [1.82, 2.24) is 14.5 Å². The van der Waals surface area contributed by atoms with Crippen molar-refractivity contribution in [2.45, 2.75) is 0 Å². The van der Waals surface area contributed by atoms with Gasteiger partial charge in [0.15, 0.2) is 11.4 Å². The maximum Gasteiger partial charge on any atom is 0.180 e. The summed E-state index contributed by atoms with van der Waals surface area (Å²) < 4.78 is 8.96. The Bertz CT molecular complexity index is 3420. The Kier molecular flexibility index (Phi) is 6.02. The standard InChI is InChI=1S/C50H29N3O/c1-2-14-33-29-34(22-21-30(33)11-1)47-49-48(40-19-9-10-20-44(40)54-49)52-50(51-47)39-25-28-41(38-18-8-7-17-37(38)39)53-42-26-23-31-12-3-5-15-35(31)45(42)46-36-16-6-4-13-32(36)24-27-43(46)53/h1-29H. The molecule has 250 valence electrons. The number of aromatic nitrogens is 3. The van der Waals surface area contributed by atoms with Crippen molar-refractivity contribution in [3.8, 4) is 28.3 Å². The average molecular weight is 688 g/mol. The first-order valence-electron chi connectivity index (χ1n) is 18.3. The van der Waals surface area contributed by atoms with Crippen LogP contribution in [0.15, 0.2) is 180 Å². The van der Waals surface area contributed by atoms with Gasteiger partial charge in [-0.2, -0.15) is 0 Å². The Hall–Kier alpha value is -7.30. The number of rotatable bonds is 3. The quantitative estimate of drug-likeness (QED) is 0.186. The van der Waals surface area contributed by atoms with Gasteiger partial charge in [-0.25, -0.2) is 9.97 Å². The third kappa shape index (κ3) is 4.13. The molecule has 0 radical (unpaired) electrons. The Morgan fingerprint density at radius 1 is 0.426 bits per heavy atom. The minimum atomic E-state index is 0.666. The molecule has 0 amide bonds. The van der Waals surface area contributed by atoms with E-state index in [1.165, 1.54) is 48.7 Å². The molecule has 0 N–H and O–H groups in total. The molecule has 12 aromatic rings. The van der Waals surface area contributed by atoms with E-state index in [0.717, 1.165) is 55.2 Å². The number of furan rings is 1. The molecule has 0 aliphatic heterocycles. The Morgan fingerprint density at radius 2 is 1.00 bits per heavy atom. The van der Waals surface area contributed by atoms with Gasteiger partial charge in [-0.05, 0) is 80.2 Å². The molecular weight excluding hydrogens is 659 g/mol. The summed E-state index contributed by atoms with van der Waals surface area (Å²) >= 11 is 0. The molecule has 0 atom stereocenters. The molecular formula is C50H29N3O. The van der Waals surface area contributed by atoms with Crippen molar-refractivity contribution in [2.24, 2.45) is 0 Å². The van der Waals surface area contributed by atoms with E-state index in [4.69, 9.17) is 14.4 Å². The molecule has 4 nitrogen and oxygen atoms in total. The van der Waals surface area contributed by atoms with Gasteiger partial charge >= 0.3 is 0 Å². The molecule has 9 aromatic carbocycles. The van der Waals surface area contributed by atoms with Crippen LogP contribution < -0.4 is 0 Å². The van der Waals surface area contributed by atoms with Gasteiger partial charge in [0.25, 0.3) is 0 Å². The van der Waals surface area contributed by atoms with Crippen molar-refractivity contribution in [3.05, 3.63) is 176 Å². The highest BCUT2D eigenvalue weighted by molar-refractivity contribution is 6.29. The lowest BCUT2D eigenvalue weighted by molar-refractivity contribution is 0.667. The molecule has 0 bridgehead atoms. The lowest BCUT2D eigenvalue weighted by Gasteiger charge is -2.15. The van der Waals surface area contributed by atoms with E-state index in [9.17, 15) is 0 Å². The SMILES string of the molecule is c1ccc2cc(-c3nc(-c4ccc(-n5c6ccc7ccccc7c6c6c7ccccc7ccc65)c5ccccc45)nc4c3oc3ccccc34)ccc2c1. The molecule has 0 saturated carbocycles. The second-order valence-corrected chi connectivity index (χ2v) is 14.1. The zero-order valence-corrected chi connectivity index (χ0v) is 29.0. The van der Waals surface area contributed by atoms with E-state index in [1.807, 2.05) is 18.2 Å². The monoisotopic (exact) mass is 687 g/mol. The molecule has 0 fully saturated rings. The maximum atomic E-state index is 6.51. The van der Waals surface area contributed by atoms with Crippen molar-refractivity contribution in [2.75, 3.05) is 0 Å². The molecule has 54 heavy (non-hydrogen) atoms. The van der Waals surface area contributed by atoms with Gasteiger partial charge in [-0.1, -0.05) is 133 Å². The minimum absolute atomic E-state index is 0.666. The highest BCUT2D eigenvalue weighted by Gasteiger charge is 2.22. The summed E-state index contributed by atoms with van der Waals surface area (Å²) in [6.07, 6.45) is 0. The summed E-state index contributed by atoms with van der Waals surface area (Å²) in [5.74, 6) is 0.666. The molecule has 0 aliphatic rings. The van der Waals surface area contributed by atoms with E-state index < -0.39 is 0 Å². The number of nitrogens with zero attached hydrogens (tertiary/aromatic N) is 3. The summed E-state index contributed by atoms with van der Waals surface area (Å²) in [5.41, 5.74) is 8.53. The van der Waals surface area contributed by atoms with Crippen LogP contribution in [0.1, 0.15) is 0 Å². The fourth-order valence-corrected chi connectivity index (χ4v) is 8.72. The number of para-hydroxylation sites is 1. The topological polar surface area (TPSA) is 43.9 Å². The lowest BCUT2D eigenvalue weighted by atomic mass is 10.00. The van der Waals surface area contributed by atoms with Gasteiger partial charge in [0.05, 0.1) is 16.7 Å². The molecule has 0 spiro atoms.